The summed E-state index contributed by atoms with van der Waals surface area (Å²) in [5.41, 5.74) is 4.06. The molecule has 0 unspecified atom stereocenters. The molecule has 0 fully saturated rings. The highest BCUT2D eigenvalue weighted by Gasteiger charge is 2.32. The van der Waals surface area contributed by atoms with Crippen LogP contribution in [0.5, 0.6) is 5.75 Å². The fraction of sp³-hybridized carbons (Fsp3) is 0.120. The van der Waals surface area contributed by atoms with Gasteiger partial charge in [0.1, 0.15) is 17.3 Å². The Kier molecular flexibility index (Phi) is 5.35. The molecule has 5 heteroatoms. The Hall–Kier alpha value is -3.86. The summed E-state index contributed by atoms with van der Waals surface area (Å²) in [7, 11) is 5.62. The molecule has 0 N–H and O–H groups in total. The maximum Gasteiger partial charge on any atom is 0.282 e. The van der Waals surface area contributed by atoms with Crippen molar-refractivity contribution in [3.05, 3.63) is 95.7 Å². The number of aliphatic imine (C=N–C) groups is 1. The molecule has 0 bridgehead atoms. The van der Waals surface area contributed by atoms with Crippen LogP contribution in [0.4, 0.5) is 11.4 Å². The second-order valence-electron chi connectivity index (χ2n) is 7.16. The van der Waals surface area contributed by atoms with E-state index in [0.29, 0.717) is 11.5 Å². The molecule has 1 amide bonds. The Morgan fingerprint density at radius 1 is 0.900 bits per heavy atom. The van der Waals surface area contributed by atoms with Crippen molar-refractivity contribution < 1.29 is 9.53 Å². The molecule has 30 heavy (non-hydrogen) atoms. The number of hydrogen-bond acceptors (Lipinski definition) is 4. The number of hydrogen-bond donors (Lipinski definition) is 0. The van der Waals surface area contributed by atoms with Crippen molar-refractivity contribution in [2.24, 2.45) is 4.99 Å². The van der Waals surface area contributed by atoms with Crippen LogP contribution in [0.25, 0.3) is 6.08 Å². The Labute approximate surface area is 176 Å². The number of nitrogens with zero attached hydrogens (tertiary/aromatic N) is 3. The number of benzene rings is 3. The fourth-order valence-electron chi connectivity index (χ4n) is 3.29. The van der Waals surface area contributed by atoms with Crippen molar-refractivity contribution in [2.45, 2.75) is 0 Å². The van der Waals surface area contributed by atoms with Gasteiger partial charge in [0.2, 0.25) is 0 Å². The van der Waals surface area contributed by atoms with Gasteiger partial charge < -0.3 is 9.64 Å². The number of para-hydroxylation sites is 1. The van der Waals surface area contributed by atoms with E-state index in [1.54, 1.807) is 12.0 Å². The van der Waals surface area contributed by atoms with Crippen LogP contribution < -0.4 is 14.5 Å². The van der Waals surface area contributed by atoms with Gasteiger partial charge >= 0.3 is 0 Å². The number of anilines is 2. The summed E-state index contributed by atoms with van der Waals surface area (Å²) in [6, 6.07) is 25.2. The minimum absolute atomic E-state index is 0.149. The lowest BCUT2D eigenvalue weighted by atomic mass is 10.1. The smallest absolute Gasteiger partial charge is 0.282 e. The van der Waals surface area contributed by atoms with Gasteiger partial charge in [0.05, 0.1) is 12.8 Å². The third-order valence-corrected chi connectivity index (χ3v) is 4.94. The number of rotatable bonds is 5. The molecule has 1 aliphatic heterocycles. The summed E-state index contributed by atoms with van der Waals surface area (Å²) in [6.45, 7) is 0. The predicted molar refractivity (Wildman–Crippen MR) is 122 cm³/mol. The summed E-state index contributed by atoms with van der Waals surface area (Å²) < 4.78 is 5.26. The van der Waals surface area contributed by atoms with E-state index in [1.807, 2.05) is 104 Å². The Bertz CT molecular complexity index is 1100. The average Bonchev–Trinajstić information content (AvgIpc) is 3.10. The van der Waals surface area contributed by atoms with Gasteiger partial charge in [-0.15, -0.1) is 0 Å². The first-order valence-corrected chi connectivity index (χ1v) is 9.68. The maximum absolute atomic E-state index is 13.3. The van der Waals surface area contributed by atoms with Crippen LogP contribution in [-0.4, -0.2) is 32.9 Å². The van der Waals surface area contributed by atoms with Crippen molar-refractivity contribution in [2.75, 3.05) is 31.0 Å². The van der Waals surface area contributed by atoms with Gasteiger partial charge in [-0.25, -0.2) is 4.99 Å². The SMILES string of the molecule is COc1ccc(C2=N/C(=C/c3ccc(N(C)C)cc3)C(=O)N2c2ccccc2)cc1. The van der Waals surface area contributed by atoms with Crippen LogP contribution in [0.1, 0.15) is 11.1 Å². The molecule has 0 atom stereocenters. The van der Waals surface area contributed by atoms with Crippen molar-refractivity contribution in [3.63, 3.8) is 0 Å². The van der Waals surface area contributed by atoms with Crippen LogP contribution in [-0.2, 0) is 4.79 Å². The van der Waals surface area contributed by atoms with E-state index < -0.39 is 0 Å². The number of amidine groups is 1. The molecular weight excluding hydrogens is 374 g/mol. The van der Waals surface area contributed by atoms with E-state index in [1.165, 1.54) is 0 Å². The molecule has 0 saturated carbocycles. The van der Waals surface area contributed by atoms with Gasteiger partial charge in [0.25, 0.3) is 5.91 Å². The minimum Gasteiger partial charge on any atom is -0.497 e. The zero-order valence-electron chi connectivity index (χ0n) is 17.2. The standard InChI is InChI=1S/C25H23N3O2/c1-27(2)20-13-9-18(10-14-20)17-23-25(29)28(21-7-5-4-6-8-21)24(26-23)19-11-15-22(30-3)16-12-19/h4-17H,1-3H3/b23-17+. The monoisotopic (exact) mass is 397 g/mol. The summed E-state index contributed by atoms with van der Waals surface area (Å²) in [5.74, 6) is 1.21. The van der Waals surface area contributed by atoms with E-state index >= 15 is 0 Å². The third kappa shape index (κ3) is 3.82. The lowest BCUT2D eigenvalue weighted by Gasteiger charge is -2.18. The number of carbonyl (C=O) groups is 1. The molecule has 0 saturated heterocycles. The molecule has 1 heterocycles. The molecule has 4 rings (SSSR count). The number of carbonyl (C=O) groups excluding carboxylic acids is 1. The van der Waals surface area contributed by atoms with E-state index in [4.69, 9.17) is 9.73 Å². The highest BCUT2D eigenvalue weighted by atomic mass is 16.5. The molecule has 0 spiro atoms. The van der Waals surface area contributed by atoms with Crippen LogP contribution >= 0.6 is 0 Å². The fourth-order valence-corrected chi connectivity index (χ4v) is 3.29. The third-order valence-electron chi connectivity index (χ3n) is 4.94. The van der Waals surface area contributed by atoms with Gasteiger partial charge in [0, 0.05) is 25.3 Å². The zero-order valence-corrected chi connectivity index (χ0v) is 17.2. The lowest BCUT2D eigenvalue weighted by molar-refractivity contribution is -0.113. The largest absolute Gasteiger partial charge is 0.497 e. The van der Waals surface area contributed by atoms with E-state index in [2.05, 4.69) is 0 Å². The first-order chi connectivity index (χ1) is 14.6. The van der Waals surface area contributed by atoms with Crippen molar-refractivity contribution >= 4 is 29.2 Å². The van der Waals surface area contributed by atoms with E-state index in [9.17, 15) is 4.79 Å². The summed E-state index contributed by atoms with van der Waals surface area (Å²) in [5, 5.41) is 0. The van der Waals surface area contributed by atoms with Crippen molar-refractivity contribution in [1.29, 1.82) is 0 Å². The molecule has 3 aromatic carbocycles. The molecule has 5 nitrogen and oxygen atoms in total. The molecule has 0 aliphatic carbocycles. The molecule has 0 radical (unpaired) electrons. The Balaban J connectivity index is 1.76. The zero-order chi connectivity index (χ0) is 21.1. The average molecular weight is 397 g/mol. The Morgan fingerprint density at radius 3 is 2.17 bits per heavy atom. The summed E-state index contributed by atoms with van der Waals surface area (Å²) >= 11 is 0. The highest BCUT2D eigenvalue weighted by molar-refractivity contribution is 6.33. The highest BCUT2D eigenvalue weighted by Crippen LogP contribution is 2.28. The topological polar surface area (TPSA) is 45.1 Å². The molecule has 1 aliphatic rings. The predicted octanol–water partition coefficient (Wildman–Crippen LogP) is 4.60. The molecule has 3 aromatic rings. The van der Waals surface area contributed by atoms with Gasteiger partial charge in [-0.1, -0.05) is 30.3 Å². The van der Waals surface area contributed by atoms with Gasteiger partial charge in [-0.05, 0) is 60.2 Å². The molecular formula is C25H23N3O2. The number of methoxy groups -OCH3 is 1. The second kappa shape index (κ2) is 8.25. The summed E-state index contributed by atoms with van der Waals surface area (Å²) in [6.07, 6.45) is 1.83. The van der Waals surface area contributed by atoms with Crippen LogP contribution in [0, 0.1) is 0 Å². The number of amides is 1. The normalized spacial score (nSPS) is 14.8. The molecule has 150 valence electrons. The van der Waals surface area contributed by atoms with Gasteiger partial charge in [-0.2, -0.15) is 0 Å². The van der Waals surface area contributed by atoms with Gasteiger partial charge in [-0.3, -0.25) is 9.69 Å². The number of ether oxygens (including phenoxy) is 1. The first kappa shape index (κ1) is 19.5. The van der Waals surface area contributed by atoms with Crippen LogP contribution in [0.15, 0.2) is 89.6 Å². The summed E-state index contributed by atoms with van der Waals surface area (Å²) in [4.78, 5) is 21.7. The second-order valence-corrected chi connectivity index (χ2v) is 7.16. The Morgan fingerprint density at radius 2 is 1.57 bits per heavy atom. The maximum atomic E-state index is 13.3. The van der Waals surface area contributed by atoms with Crippen molar-refractivity contribution in [1.82, 2.24) is 0 Å². The van der Waals surface area contributed by atoms with Crippen molar-refractivity contribution in [3.8, 4) is 5.75 Å². The van der Waals surface area contributed by atoms with Gasteiger partial charge in [0.15, 0.2) is 0 Å². The van der Waals surface area contributed by atoms with E-state index in [0.717, 1.165) is 28.3 Å². The first-order valence-electron chi connectivity index (χ1n) is 9.68. The lowest BCUT2D eigenvalue weighted by Crippen LogP contribution is -2.32. The van der Waals surface area contributed by atoms with E-state index in [-0.39, 0.29) is 5.91 Å². The van der Waals surface area contributed by atoms with Crippen LogP contribution in [0.3, 0.4) is 0 Å². The quantitative estimate of drug-likeness (QED) is 0.591. The van der Waals surface area contributed by atoms with Crippen LogP contribution in [0.2, 0.25) is 0 Å². The minimum atomic E-state index is -0.149. The molecule has 0 aromatic heterocycles.